The van der Waals surface area contributed by atoms with Crippen molar-refractivity contribution in [3.8, 4) is 44.9 Å². The summed E-state index contributed by atoms with van der Waals surface area (Å²) in [5.41, 5.74) is 13.5. The summed E-state index contributed by atoms with van der Waals surface area (Å²) in [6.45, 7) is 0. The third kappa shape index (κ3) is 3.61. The molecule has 0 bridgehead atoms. The van der Waals surface area contributed by atoms with Crippen molar-refractivity contribution in [3.63, 3.8) is 0 Å². The predicted octanol–water partition coefficient (Wildman–Crippen LogP) is 12.5. The molecule has 2 aliphatic rings. The summed E-state index contributed by atoms with van der Waals surface area (Å²) >= 11 is 0. The quantitative estimate of drug-likeness (QED) is 0.195. The summed E-state index contributed by atoms with van der Waals surface area (Å²) in [7, 11) is 0. The van der Waals surface area contributed by atoms with Gasteiger partial charge in [-0.05, 0) is 97.9 Å². The van der Waals surface area contributed by atoms with Gasteiger partial charge < -0.3 is 9.15 Å². The molecular weight excluding hydrogens is 597 g/mol. The van der Waals surface area contributed by atoms with E-state index in [2.05, 4.69) is 164 Å². The van der Waals surface area contributed by atoms with Crippen molar-refractivity contribution in [2.45, 2.75) is 5.41 Å². The average Bonchev–Trinajstić information content (AvgIpc) is 3.68. The van der Waals surface area contributed by atoms with Gasteiger partial charge in [-0.3, -0.25) is 0 Å². The summed E-state index contributed by atoms with van der Waals surface area (Å²) in [6, 6.07) is 61.5. The Morgan fingerprint density at radius 1 is 0.388 bits per heavy atom. The van der Waals surface area contributed by atoms with Crippen LogP contribution < -0.4 is 4.74 Å². The first-order chi connectivity index (χ1) is 24.3. The zero-order valence-corrected chi connectivity index (χ0v) is 26.5. The van der Waals surface area contributed by atoms with E-state index in [4.69, 9.17) is 9.15 Å². The van der Waals surface area contributed by atoms with Crippen LogP contribution in [0, 0.1) is 0 Å². The molecule has 9 aromatic rings. The summed E-state index contributed by atoms with van der Waals surface area (Å²) in [4.78, 5) is 0. The van der Waals surface area contributed by atoms with Gasteiger partial charge in [0, 0.05) is 21.7 Å². The zero-order chi connectivity index (χ0) is 32.1. The van der Waals surface area contributed by atoms with Crippen molar-refractivity contribution < 1.29 is 9.15 Å². The lowest BCUT2D eigenvalue weighted by molar-refractivity contribution is 0.487. The van der Waals surface area contributed by atoms with Crippen molar-refractivity contribution in [2.24, 2.45) is 0 Å². The first-order valence-electron chi connectivity index (χ1n) is 16.8. The minimum atomic E-state index is -0.530. The molecule has 1 aliphatic heterocycles. The monoisotopic (exact) mass is 624 g/mol. The van der Waals surface area contributed by atoms with Crippen molar-refractivity contribution in [1.29, 1.82) is 0 Å². The average molecular weight is 625 g/mol. The van der Waals surface area contributed by atoms with E-state index < -0.39 is 5.41 Å². The third-order valence-corrected chi connectivity index (χ3v) is 10.8. The van der Waals surface area contributed by atoms with Gasteiger partial charge in [0.05, 0.1) is 5.41 Å². The molecule has 1 aromatic heterocycles. The van der Waals surface area contributed by atoms with Crippen LogP contribution in [0.1, 0.15) is 22.3 Å². The summed E-state index contributed by atoms with van der Waals surface area (Å²) in [5.74, 6) is 1.81. The third-order valence-electron chi connectivity index (χ3n) is 10.8. The molecule has 0 fully saturated rings. The Bertz CT molecular complexity index is 2800. The van der Waals surface area contributed by atoms with Gasteiger partial charge in [-0.15, -0.1) is 0 Å². The second-order valence-corrected chi connectivity index (χ2v) is 13.2. The molecule has 2 heterocycles. The standard InChI is InChI=1S/C47H28O2/c1-2-12-32(13-3-1)47(33-22-25-44-39(28-33)36-15-5-7-18-42(36)48-44)40-17-6-4-14-34(40)35-23-20-31(27-41(35)47)30-21-24-43-38(26-30)37-16-8-10-29-11-9-19-45(49-43)46(29)37/h1-28H. The van der Waals surface area contributed by atoms with E-state index in [1.54, 1.807) is 0 Å². The highest BCUT2D eigenvalue weighted by molar-refractivity contribution is 6.06. The molecule has 0 N–H and O–H groups in total. The van der Waals surface area contributed by atoms with E-state index >= 15 is 0 Å². The van der Waals surface area contributed by atoms with E-state index in [9.17, 15) is 0 Å². The van der Waals surface area contributed by atoms with Crippen molar-refractivity contribution in [3.05, 3.63) is 192 Å². The van der Waals surface area contributed by atoms with Crippen molar-refractivity contribution in [2.75, 3.05) is 0 Å². The molecule has 2 heteroatoms. The molecule has 8 aromatic carbocycles. The lowest BCUT2D eigenvalue weighted by atomic mass is 9.67. The molecule has 0 radical (unpaired) electrons. The smallest absolute Gasteiger partial charge is 0.135 e. The van der Waals surface area contributed by atoms with Crippen molar-refractivity contribution >= 4 is 32.7 Å². The largest absolute Gasteiger partial charge is 0.456 e. The number of para-hydroxylation sites is 1. The highest BCUT2D eigenvalue weighted by atomic mass is 16.5. The molecule has 0 saturated carbocycles. The number of ether oxygens (including phenoxy) is 1. The van der Waals surface area contributed by atoms with Gasteiger partial charge in [0.1, 0.15) is 22.7 Å². The number of fused-ring (bicyclic) bond motifs is 8. The van der Waals surface area contributed by atoms with E-state index in [1.165, 1.54) is 55.3 Å². The Morgan fingerprint density at radius 2 is 1.12 bits per heavy atom. The number of furan rings is 1. The second kappa shape index (κ2) is 9.82. The molecule has 49 heavy (non-hydrogen) atoms. The SMILES string of the molecule is c1ccc(C2(c3ccc4oc5ccccc5c4c3)c3ccccc3-c3ccc(-c4ccc5c(c4)-c4cccc6cccc(c46)O5)cc32)cc1. The van der Waals surface area contributed by atoms with Crippen LogP contribution >= 0.6 is 0 Å². The summed E-state index contributed by atoms with van der Waals surface area (Å²) in [6.07, 6.45) is 0. The maximum Gasteiger partial charge on any atom is 0.135 e. The lowest BCUT2D eigenvalue weighted by Gasteiger charge is -2.34. The fourth-order valence-corrected chi connectivity index (χ4v) is 8.64. The first-order valence-corrected chi connectivity index (χ1v) is 16.8. The van der Waals surface area contributed by atoms with Crippen LogP contribution in [0.15, 0.2) is 174 Å². The predicted molar refractivity (Wildman–Crippen MR) is 199 cm³/mol. The van der Waals surface area contributed by atoms with Gasteiger partial charge >= 0.3 is 0 Å². The summed E-state index contributed by atoms with van der Waals surface area (Å²) in [5, 5.41) is 4.63. The molecular formula is C47H28O2. The molecule has 11 rings (SSSR count). The number of hydrogen-bond donors (Lipinski definition) is 0. The van der Waals surface area contributed by atoms with Crippen LogP contribution in [0.25, 0.3) is 66.1 Å². The minimum absolute atomic E-state index is 0.530. The Labute approximate surface area is 283 Å². The highest BCUT2D eigenvalue weighted by Crippen LogP contribution is 2.57. The highest BCUT2D eigenvalue weighted by Gasteiger charge is 2.46. The second-order valence-electron chi connectivity index (χ2n) is 13.2. The van der Waals surface area contributed by atoms with Gasteiger partial charge in [0.15, 0.2) is 0 Å². The maximum atomic E-state index is 6.46. The number of hydrogen-bond acceptors (Lipinski definition) is 2. The van der Waals surface area contributed by atoms with Crippen LogP contribution in [0.3, 0.4) is 0 Å². The molecule has 1 unspecified atom stereocenters. The molecule has 0 amide bonds. The normalized spacial score (nSPS) is 15.6. The number of rotatable bonds is 3. The molecule has 2 nitrogen and oxygen atoms in total. The Hall–Kier alpha value is -6.38. The molecule has 0 saturated heterocycles. The van der Waals surface area contributed by atoms with E-state index in [0.717, 1.165) is 44.6 Å². The Morgan fingerprint density at radius 3 is 2.06 bits per heavy atom. The Kier molecular flexibility index (Phi) is 5.34. The van der Waals surface area contributed by atoms with Crippen LogP contribution in [0.5, 0.6) is 11.5 Å². The van der Waals surface area contributed by atoms with E-state index in [-0.39, 0.29) is 0 Å². The van der Waals surface area contributed by atoms with E-state index in [1.807, 2.05) is 6.07 Å². The van der Waals surface area contributed by atoms with Gasteiger partial charge in [0.25, 0.3) is 0 Å². The van der Waals surface area contributed by atoms with Gasteiger partial charge in [-0.1, -0.05) is 127 Å². The molecule has 1 aliphatic carbocycles. The van der Waals surface area contributed by atoms with Gasteiger partial charge in [0.2, 0.25) is 0 Å². The van der Waals surface area contributed by atoms with Crippen LogP contribution in [0.2, 0.25) is 0 Å². The van der Waals surface area contributed by atoms with Gasteiger partial charge in [-0.2, -0.15) is 0 Å². The fourth-order valence-electron chi connectivity index (χ4n) is 8.64. The molecule has 0 spiro atoms. The van der Waals surface area contributed by atoms with Crippen LogP contribution in [-0.2, 0) is 5.41 Å². The minimum Gasteiger partial charge on any atom is -0.456 e. The molecule has 228 valence electrons. The van der Waals surface area contributed by atoms with Crippen molar-refractivity contribution in [1.82, 2.24) is 0 Å². The van der Waals surface area contributed by atoms with Crippen LogP contribution in [-0.4, -0.2) is 0 Å². The number of benzene rings is 8. The lowest BCUT2D eigenvalue weighted by Crippen LogP contribution is -2.28. The van der Waals surface area contributed by atoms with Gasteiger partial charge in [-0.25, -0.2) is 0 Å². The fraction of sp³-hybridized carbons (Fsp3) is 0.0213. The van der Waals surface area contributed by atoms with E-state index in [0.29, 0.717) is 0 Å². The Balaban J connectivity index is 1.17. The summed E-state index contributed by atoms with van der Waals surface area (Å²) < 4.78 is 12.8. The first kappa shape index (κ1) is 26.7. The maximum absolute atomic E-state index is 6.46. The molecule has 1 atom stereocenters. The topological polar surface area (TPSA) is 22.4 Å². The van der Waals surface area contributed by atoms with Crippen LogP contribution in [0.4, 0.5) is 0 Å². The zero-order valence-electron chi connectivity index (χ0n) is 26.5.